The largest absolute Gasteiger partial charge is 0.481 e. The van der Waals surface area contributed by atoms with Gasteiger partial charge in [-0.2, -0.15) is 0 Å². The third-order valence-electron chi connectivity index (χ3n) is 0.911. The summed E-state index contributed by atoms with van der Waals surface area (Å²) in [7, 11) is -4.63. The Morgan fingerprint density at radius 3 is 2.42 bits per heavy atom. The Kier molecular flexibility index (Phi) is 4.12. The third-order valence-corrected chi connectivity index (χ3v) is 1.46. The van der Waals surface area contributed by atoms with E-state index in [1.807, 2.05) is 0 Å². The summed E-state index contributed by atoms with van der Waals surface area (Å²) in [4.78, 5) is 26.6. The van der Waals surface area contributed by atoms with Crippen molar-refractivity contribution in [1.82, 2.24) is 0 Å². The lowest BCUT2D eigenvalue weighted by molar-refractivity contribution is -0.138. The van der Waals surface area contributed by atoms with Gasteiger partial charge in [0, 0.05) is 0 Å². The third kappa shape index (κ3) is 6.06. The van der Waals surface area contributed by atoms with Crippen molar-refractivity contribution < 1.29 is 28.8 Å². The Labute approximate surface area is 68.7 Å². The minimum atomic E-state index is -4.63. The Morgan fingerprint density at radius 1 is 1.67 bits per heavy atom. The van der Waals surface area contributed by atoms with Gasteiger partial charge in [0.25, 0.3) is 0 Å². The van der Waals surface area contributed by atoms with Crippen molar-refractivity contribution in [3.05, 3.63) is 12.7 Å². The van der Waals surface area contributed by atoms with Crippen LogP contribution in [0.5, 0.6) is 0 Å². The summed E-state index contributed by atoms with van der Waals surface area (Å²) in [5.41, 5.74) is 0. The Balaban J connectivity index is 4.10. The van der Waals surface area contributed by atoms with Crippen LogP contribution in [0.2, 0.25) is 0 Å². The molecule has 12 heavy (non-hydrogen) atoms. The van der Waals surface area contributed by atoms with Crippen LogP contribution in [0.15, 0.2) is 12.7 Å². The summed E-state index contributed by atoms with van der Waals surface area (Å²) in [6.07, 6.45) is -0.662. The van der Waals surface area contributed by atoms with Crippen molar-refractivity contribution in [2.45, 2.75) is 12.5 Å². The van der Waals surface area contributed by atoms with Crippen LogP contribution in [0.1, 0.15) is 6.42 Å². The van der Waals surface area contributed by atoms with Gasteiger partial charge in [-0.15, -0.1) is 6.58 Å². The quantitative estimate of drug-likeness (QED) is 0.426. The first kappa shape index (κ1) is 11.3. The average Bonchev–Trinajstić information content (AvgIpc) is 1.82. The lowest BCUT2D eigenvalue weighted by Crippen LogP contribution is -2.13. The second-order valence-corrected chi connectivity index (χ2v) is 3.16. The molecule has 70 valence electrons. The fourth-order valence-corrected chi connectivity index (χ4v) is 1.03. The van der Waals surface area contributed by atoms with E-state index in [1.165, 1.54) is 0 Å². The molecule has 7 heteroatoms. The summed E-state index contributed by atoms with van der Waals surface area (Å²) in [6.45, 7) is 3.17. The van der Waals surface area contributed by atoms with Gasteiger partial charge in [0.05, 0.1) is 12.5 Å². The molecule has 0 radical (unpaired) electrons. The molecule has 0 spiro atoms. The summed E-state index contributed by atoms with van der Waals surface area (Å²) in [6, 6.07) is 0. The first-order chi connectivity index (χ1) is 5.35. The lowest BCUT2D eigenvalue weighted by Gasteiger charge is -2.11. The molecule has 0 aromatic heterocycles. The number of carboxylic acid groups (broad SMARTS) is 1. The molecule has 6 nitrogen and oxygen atoms in total. The molecule has 0 saturated carbocycles. The zero-order valence-corrected chi connectivity index (χ0v) is 6.98. The van der Waals surface area contributed by atoms with Gasteiger partial charge in [0.2, 0.25) is 0 Å². The molecule has 0 aliphatic carbocycles. The van der Waals surface area contributed by atoms with Gasteiger partial charge in [-0.3, -0.25) is 9.32 Å². The number of carbonyl (C=O) groups is 1. The fourth-order valence-electron chi connectivity index (χ4n) is 0.512. The van der Waals surface area contributed by atoms with E-state index in [2.05, 4.69) is 11.1 Å². The Morgan fingerprint density at radius 2 is 2.17 bits per heavy atom. The van der Waals surface area contributed by atoms with Crippen LogP contribution in [0.4, 0.5) is 0 Å². The van der Waals surface area contributed by atoms with Crippen LogP contribution < -0.4 is 0 Å². The second-order valence-electron chi connectivity index (χ2n) is 1.97. The zero-order valence-electron chi connectivity index (χ0n) is 6.08. The van der Waals surface area contributed by atoms with E-state index in [0.29, 0.717) is 0 Å². The van der Waals surface area contributed by atoms with Gasteiger partial charge in [0.1, 0.15) is 0 Å². The summed E-state index contributed by atoms with van der Waals surface area (Å²) in [5, 5.41) is 8.23. The van der Waals surface area contributed by atoms with Crippen LogP contribution in [0, 0.1) is 0 Å². The lowest BCUT2D eigenvalue weighted by atomic mass is 10.2. The summed E-state index contributed by atoms with van der Waals surface area (Å²) in [5.74, 6) is -1.21. The highest BCUT2D eigenvalue weighted by molar-refractivity contribution is 7.46. The smallest absolute Gasteiger partial charge is 0.470 e. The van der Waals surface area contributed by atoms with Crippen LogP contribution >= 0.6 is 7.82 Å². The zero-order chi connectivity index (χ0) is 9.78. The molecular formula is C5H9O6P. The molecule has 0 aromatic carbocycles. The summed E-state index contributed by atoms with van der Waals surface area (Å²) >= 11 is 0. The molecule has 1 atom stereocenters. The average molecular weight is 196 g/mol. The molecule has 0 aliphatic rings. The van der Waals surface area contributed by atoms with Gasteiger partial charge >= 0.3 is 13.8 Å². The van der Waals surface area contributed by atoms with Crippen LogP contribution in [0.3, 0.4) is 0 Å². The van der Waals surface area contributed by atoms with Gasteiger partial charge in [-0.05, 0) is 0 Å². The van der Waals surface area contributed by atoms with Gasteiger partial charge in [-0.1, -0.05) is 6.08 Å². The van der Waals surface area contributed by atoms with E-state index in [1.54, 1.807) is 0 Å². The van der Waals surface area contributed by atoms with Crippen molar-refractivity contribution in [3.8, 4) is 0 Å². The molecule has 0 bridgehead atoms. The summed E-state index contributed by atoms with van der Waals surface area (Å²) < 4.78 is 14.3. The standard InChI is InChI=1S/C5H9O6P/c1-2-4(3-5(6)7)11-12(8,9)10/h2,4H,1,3H2,(H,6,7)(H2,8,9,10). The van der Waals surface area contributed by atoms with Crippen LogP contribution in [-0.4, -0.2) is 27.0 Å². The molecule has 3 N–H and O–H groups in total. The first-order valence-corrected chi connectivity index (χ1v) is 4.46. The molecule has 0 aromatic rings. The van der Waals surface area contributed by atoms with Crippen LogP contribution in [0.25, 0.3) is 0 Å². The molecule has 0 amide bonds. The number of aliphatic carboxylic acids is 1. The van der Waals surface area contributed by atoms with E-state index in [0.717, 1.165) is 6.08 Å². The molecule has 0 rings (SSSR count). The normalized spacial score (nSPS) is 13.8. The van der Waals surface area contributed by atoms with E-state index in [4.69, 9.17) is 14.9 Å². The molecule has 0 aliphatic heterocycles. The fraction of sp³-hybridized carbons (Fsp3) is 0.400. The van der Waals surface area contributed by atoms with E-state index in [9.17, 15) is 9.36 Å². The van der Waals surface area contributed by atoms with Crippen molar-refractivity contribution in [3.63, 3.8) is 0 Å². The molecule has 1 unspecified atom stereocenters. The number of rotatable bonds is 5. The van der Waals surface area contributed by atoms with Crippen molar-refractivity contribution in [1.29, 1.82) is 0 Å². The highest BCUT2D eigenvalue weighted by atomic mass is 31.2. The molecular weight excluding hydrogens is 187 g/mol. The maximum atomic E-state index is 10.2. The topological polar surface area (TPSA) is 104 Å². The first-order valence-electron chi connectivity index (χ1n) is 2.93. The van der Waals surface area contributed by atoms with E-state index in [-0.39, 0.29) is 0 Å². The highest BCUT2D eigenvalue weighted by Crippen LogP contribution is 2.38. The number of phosphoric acid groups is 1. The highest BCUT2D eigenvalue weighted by Gasteiger charge is 2.21. The minimum absolute atomic E-state index is 0.519. The number of hydrogen-bond donors (Lipinski definition) is 3. The van der Waals surface area contributed by atoms with Gasteiger partial charge < -0.3 is 14.9 Å². The number of hydrogen-bond acceptors (Lipinski definition) is 3. The molecule has 0 fully saturated rings. The molecule has 0 saturated heterocycles. The number of phosphoric ester groups is 1. The maximum Gasteiger partial charge on any atom is 0.470 e. The monoisotopic (exact) mass is 196 g/mol. The van der Waals surface area contributed by atoms with E-state index < -0.39 is 26.3 Å². The second kappa shape index (κ2) is 4.37. The SMILES string of the molecule is C=CC(CC(=O)O)OP(=O)(O)O. The predicted octanol–water partition coefficient (Wildman–Crippen LogP) is 0.125. The van der Waals surface area contributed by atoms with Crippen molar-refractivity contribution >= 4 is 13.8 Å². The Hall–Kier alpha value is -0.680. The maximum absolute atomic E-state index is 10.2. The van der Waals surface area contributed by atoms with Crippen molar-refractivity contribution in [2.75, 3.05) is 0 Å². The van der Waals surface area contributed by atoms with Gasteiger partial charge in [-0.25, -0.2) is 4.57 Å². The molecule has 0 heterocycles. The minimum Gasteiger partial charge on any atom is -0.481 e. The van der Waals surface area contributed by atoms with Gasteiger partial charge in [0.15, 0.2) is 0 Å². The predicted molar refractivity (Wildman–Crippen MR) is 39.4 cm³/mol. The Bertz CT molecular complexity index is 218. The number of carboxylic acids is 1. The van der Waals surface area contributed by atoms with Crippen LogP contribution in [-0.2, 0) is 13.9 Å². The van der Waals surface area contributed by atoms with Crippen molar-refractivity contribution in [2.24, 2.45) is 0 Å². The van der Waals surface area contributed by atoms with E-state index >= 15 is 0 Å².